The number of nitrogens with zero attached hydrogens (tertiary/aromatic N) is 1. The van der Waals surface area contributed by atoms with E-state index in [0.29, 0.717) is 23.5 Å². The first-order chi connectivity index (χ1) is 15.3. The van der Waals surface area contributed by atoms with Crippen LogP contribution in [-0.4, -0.2) is 23.5 Å². The Hall–Kier alpha value is -3.41. The predicted octanol–water partition coefficient (Wildman–Crippen LogP) is 5.98. The van der Waals surface area contributed by atoms with Gasteiger partial charge in [0.2, 0.25) is 5.76 Å². The van der Waals surface area contributed by atoms with Gasteiger partial charge in [0.05, 0.1) is 0 Å². The molecule has 2 aromatic carbocycles. The Bertz CT molecular complexity index is 1160. The summed E-state index contributed by atoms with van der Waals surface area (Å²) in [6, 6.07) is 14.9. The fourth-order valence-corrected chi connectivity index (χ4v) is 3.25. The van der Waals surface area contributed by atoms with Gasteiger partial charge in [0.25, 0.3) is 11.8 Å². The minimum atomic E-state index is -0.301. The van der Waals surface area contributed by atoms with E-state index in [1.165, 1.54) is 0 Å². The minimum absolute atomic E-state index is 0.0337. The summed E-state index contributed by atoms with van der Waals surface area (Å²) in [7, 11) is 0. The van der Waals surface area contributed by atoms with E-state index < -0.39 is 0 Å². The summed E-state index contributed by atoms with van der Waals surface area (Å²) in [5, 5.41) is 9.90. The lowest BCUT2D eigenvalue weighted by Gasteiger charge is -2.19. The van der Waals surface area contributed by atoms with E-state index in [1.54, 1.807) is 12.1 Å². The molecule has 0 aliphatic carbocycles. The first kappa shape index (κ1) is 24.2. The van der Waals surface area contributed by atoms with Gasteiger partial charge in [-0.15, -0.1) is 0 Å². The van der Waals surface area contributed by atoms with Gasteiger partial charge < -0.3 is 15.2 Å². The molecule has 3 rings (SSSR count). The molecule has 0 atom stereocenters. The summed E-state index contributed by atoms with van der Waals surface area (Å²) in [6.07, 6.45) is 0. The summed E-state index contributed by atoms with van der Waals surface area (Å²) in [5.74, 6) is -0.329. The number of amides is 2. The molecule has 0 aliphatic heterocycles. The molecule has 33 heavy (non-hydrogen) atoms. The van der Waals surface area contributed by atoms with Crippen LogP contribution in [0.2, 0.25) is 0 Å². The number of hydrogen-bond acceptors (Lipinski definition) is 4. The second kappa shape index (κ2) is 9.22. The van der Waals surface area contributed by atoms with Crippen LogP contribution in [-0.2, 0) is 5.41 Å². The highest BCUT2D eigenvalue weighted by atomic mass is 16.5. The molecule has 0 fully saturated rings. The van der Waals surface area contributed by atoms with E-state index in [4.69, 9.17) is 4.52 Å². The number of hydrogen-bond donors (Lipinski definition) is 2. The third-order valence-corrected chi connectivity index (χ3v) is 5.28. The van der Waals surface area contributed by atoms with Crippen molar-refractivity contribution in [1.82, 2.24) is 10.5 Å². The monoisotopic (exact) mass is 447 g/mol. The molecule has 0 unspecified atom stereocenters. The summed E-state index contributed by atoms with van der Waals surface area (Å²) in [4.78, 5) is 25.3. The third kappa shape index (κ3) is 6.31. The maximum Gasteiger partial charge on any atom is 0.289 e. The van der Waals surface area contributed by atoms with E-state index in [1.807, 2.05) is 64.1 Å². The lowest BCUT2D eigenvalue weighted by molar-refractivity contribution is 0.0902. The SMILES string of the molecule is Cc1ccc(NC(=O)c2cccc(C(C)(C)C)c2)cc1-c1cc(C(=O)NCC(C)(C)C)on1. The number of aromatic nitrogens is 1. The van der Waals surface area contributed by atoms with Crippen LogP contribution in [0.1, 0.15) is 73.6 Å². The number of anilines is 1. The molecule has 0 saturated carbocycles. The van der Waals surface area contributed by atoms with Crippen molar-refractivity contribution in [1.29, 1.82) is 0 Å². The number of rotatable bonds is 5. The van der Waals surface area contributed by atoms with Crippen molar-refractivity contribution in [2.45, 2.75) is 53.9 Å². The quantitative estimate of drug-likeness (QED) is 0.504. The number of carbonyl (C=O) groups is 2. The van der Waals surface area contributed by atoms with Gasteiger partial charge >= 0.3 is 0 Å². The van der Waals surface area contributed by atoms with E-state index in [0.717, 1.165) is 16.7 Å². The molecule has 0 aliphatic rings. The molecule has 6 heteroatoms. The first-order valence-electron chi connectivity index (χ1n) is 11.1. The molecule has 0 spiro atoms. The van der Waals surface area contributed by atoms with Crippen LogP contribution in [0.15, 0.2) is 53.1 Å². The highest BCUT2D eigenvalue weighted by molar-refractivity contribution is 6.04. The Balaban J connectivity index is 1.79. The van der Waals surface area contributed by atoms with Crippen molar-refractivity contribution >= 4 is 17.5 Å². The molecule has 6 nitrogen and oxygen atoms in total. The summed E-state index contributed by atoms with van der Waals surface area (Å²) >= 11 is 0. The van der Waals surface area contributed by atoms with Crippen LogP contribution in [0.25, 0.3) is 11.3 Å². The number of carbonyl (C=O) groups excluding carboxylic acids is 2. The first-order valence-corrected chi connectivity index (χ1v) is 11.1. The second-order valence-electron chi connectivity index (χ2n) is 10.6. The minimum Gasteiger partial charge on any atom is -0.350 e. The molecule has 0 saturated heterocycles. The van der Waals surface area contributed by atoms with Gasteiger partial charge in [-0.25, -0.2) is 0 Å². The Morgan fingerprint density at radius 3 is 2.33 bits per heavy atom. The number of aryl methyl sites for hydroxylation is 1. The van der Waals surface area contributed by atoms with E-state index in [-0.39, 0.29) is 28.4 Å². The van der Waals surface area contributed by atoms with Gasteiger partial charge in [-0.3, -0.25) is 9.59 Å². The largest absolute Gasteiger partial charge is 0.350 e. The van der Waals surface area contributed by atoms with Crippen molar-refractivity contribution < 1.29 is 14.1 Å². The van der Waals surface area contributed by atoms with Crippen molar-refractivity contribution in [3.8, 4) is 11.3 Å². The zero-order valence-corrected chi connectivity index (χ0v) is 20.5. The molecule has 3 aromatic rings. The van der Waals surface area contributed by atoms with Crippen LogP contribution < -0.4 is 10.6 Å². The molecular formula is C27H33N3O3. The van der Waals surface area contributed by atoms with Crippen molar-refractivity contribution in [3.05, 3.63) is 71.0 Å². The van der Waals surface area contributed by atoms with E-state index in [9.17, 15) is 9.59 Å². The fraction of sp³-hybridized carbons (Fsp3) is 0.370. The number of benzene rings is 2. The maximum absolute atomic E-state index is 12.9. The Morgan fingerprint density at radius 2 is 1.67 bits per heavy atom. The maximum atomic E-state index is 12.9. The van der Waals surface area contributed by atoms with Crippen molar-refractivity contribution in [2.75, 3.05) is 11.9 Å². The van der Waals surface area contributed by atoms with Gasteiger partial charge in [0.1, 0.15) is 5.69 Å². The van der Waals surface area contributed by atoms with Crippen molar-refractivity contribution in [2.24, 2.45) is 5.41 Å². The molecule has 1 heterocycles. The average Bonchev–Trinajstić information content (AvgIpc) is 3.22. The zero-order chi connectivity index (χ0) is 24.4. The van der Waals surface area contributed by atoms with Gasteiger partial charge in [0, 0.05) is 29.4 Å². The van der Waals surface area contributed by atoms with Crippen LogP contribution in [0.5, 0.6) is 0 Å². The standard InChI is InChI=1S/C27H33N3O3/c1-17-11-12-20(29-24(31)18-9-8-10-19(13-18)27(5,6)7)14-21(17)22-15-23(33-30-22)25(32)28-16-26(2,3)4/h8-15H,16H2,1-7H3,(H,28,32)(H,29,31). The third-order valence-electron chi connectivity index (χ3n) is 5.28. The normalized spacial score (nSPS) is 11.8. The molecule has 2 N–H and O–H groups in total. The molecule has 0 radical (unpaired) electrons. The lowest BCUT2D eigenvalue weighted by atomic mass is 9.86. The van der Waals surface area contributed by atoms with Gasteiger partial charge in [0.15, 0.2) is 0 Å². The molecule has 0 bridgehead atoms. The lowest BCUT2D eigenvalue weighted by Crippen LogP contribution is -2.31. The molecule has 2 amide bonds. The van der Waals surface area contributed by atoms with Gasteiger partial charge in [-0.1, -0.05) is 64.9 Å². The van der Waals surface area contributed by atoms with Crippen LogP contribution >= 0.6 is 0 Å². The predicted molar refractivity (Wildman–Crippen MR) is 132 cm³/mol. The van der Waals surface area contributed by atoms with Crippen LogP contribution in [0, 0.1) is 12.3 Å². The molecule has 174 valence electrons. The van der Waals surface area contributed by atoms with E-state index in [2.05, 4.69) is 36.6 Å². The fourth-order valence-electron chi connectivity index (χ4n) is 3.25. The second-order valence-corrected chi connectivity index (χ2v) is 10.6. The van der Waals surface area contributed by atoms with Gasteiger partial charge in [-0.05, 0) is 53.1 Å². The highest BCUT2D eigenvalue weighted by Gasteiger charge is 2.19. The zero-order valence-electron chi connectivity index (χ0n) is 20.5. The summed E-state index contributed by atoms with van der Waals surface area (Å²) in [6.45, 7) is 15.0. The summed E-state index contributed by atoms with van der Waals surface area (Å²) in [5.41, 5.74) is 4.55. The Labute approximate surface area is 195 Å². The van der Waals surface area contributed by atoms with Crippen molar-refractivity contribution in [3.63, 3.8) is 0 Å². The van der Waals surface area contributed by atoms with E-state index >= 15 is 0 Å². The number of nitrogens with one attached hydrogen (secondary N) is 2. The van der Waals surface area contributed by atoms with Crippen LogP contribution in [0.4, 0.5) is 5.69 Å². The Morgan fingerprint density at radius 1 is 0.939 bits per heavy atom. The summed E-state index contributed by atoms with van der Waals surface area (Å²) < 4.78 is 5.29. The van der Waals surface area contributed by atoms with Gasteiger partial charge in [-0.2, -0.15) is 0 Å². The Kier molecular flexibility index (Phi) is 6.77. The average molecular weight is 448 g/mol. The molecule has 1 aromatic heterocycles. The smallest absolute Gasteiger partial charge is 0.289 e. The molecular weight excluding hydrogens is 414 g/mol. The van der Waals surface area contributed by atoms with Crippen LogP contribution in [0.3, 0.4) is 0 Å². The highest BCUT2D eigenvalue weighted by Crippen LogP contribution is 2.27. The topological polar surface area (TPSA) is 84.2 Å².